The van der Waals surface area contributed by atoms with Gasteiger partial charge >= 0.3 is 0 Å². The second-order valence-corrected chi connectivity index (χ2v) is 7.49. The molecule has 2 heterocycles. The Kier molecular flexibility index (Phi) is 4.61. The highest BCUT2D eigenvalue weighted by Gasteiger charge is 2.27. The van der Waals surface area contributed by atoms with Crippen LogP contribution < -0.4 is 5.32 Å². The molecular formula is C12H22N2O3S. The number of nitrogens with zero attached hydrogens (tertiary/aromatic N) is 1. The number of hydrogen-bond acceptors (Lipinski definition) is 4. The molecule has 18 heavy (non-hydrogen) atoms. The second-order valence-electron chi connectivity index (χ2n) is 5.26. The lowest BCUT2D eigenvalue weighted by Crippen LogP contribution is -2.48. The van der Waals surface area contributed by atoms with E-state index in [1.165, 1.54) is 12.8 Å². The van der Waals surface area contributed by atoms with Crippen LogP contribution >= 0.6 is 0 Å². The first-order valence-electron chi connectivity index (χ1n) is 6.78. The monoisotopic (exact) mass is 274 g/mol. The van der Waals surface area contributed by atoms with E-state index in [-0.39, 0.29) is 23.5 Å². The van der Waals surface area contributed by atoms with Gasteiger partial charge in [-0.25, -0.2) is 8.42 Å². The van der Waals surface area contributed by atoms with Gasteiger partial charge in [0, 0.05) is 32.1 Å². The van der Waals surface area contributed by atoms with Gasteiger partial charge < -0.3 is 10.2 Å². The molecular weight excluding hydrogens is 252 g/mol. The number of sulfone groups is 1. The van der Waals surface area contributed by atoms with Crippen LogP contribution in [0.5, 0.6) is 0 Å². The molecule has 0 radical (unpaired) electrons. The number of nitrogens with one attached hydrogen (secondary N) is 1. The second kappa shape index (κ2) is 6.02. The van der Waals surface area contributed by atoms with Crippen LogP contribution in [0.15, 0.2) is 0 Å². The zero-order valence-electron chi connectivity index (χ0n) is 10.7. The van der Waals surface area contributed by atoms with Crippen molar-refractivity contribution in [3.63, 3.8) is 0 Å². The number of rotatable bonds is 2. The Morgan fingerprint density at radius 2 is 1.83 bits per heavy atom. The molecule has 0 aromatic rings. The Morgan fingerprint density at radius 1 is 1.17 bits per heavy atom. The highest BCUT2D eigenvalue weighted by Crippen LogP contribution is 2.13. The zero-order chi connectivity index (χ0) is 13.0. The van der Waals surface area contributed by atoms with Crippen LogP contribution in [-0.2, 0) is 14.6 Å². The molecule has 2 rings (SSSR count). The molecule has 1 unspecified atom stereocenters. The average molecular weight is 274 g/mol. The first-order valence-corrected chi connectivity index (χ1v) is 8.60. The number of carbonyl (C=O) groups is 1. The number of amides is 1. The van der Waals surface area contributed by atoms with E-state index in [0.717, 1.165) is 25.9 Å². The van der Waals surface area contributed by atoms with Crippen LogP contribution in [0.4, 0.5) is 0 Å². The van der Waals surface area contributed by atoms with Crippen molar-refractivity contribution >= 4 is 15.7 Å². The van der Waals surface area contributed by atoms with Gasteiger partial charge in [-0.15, -0.1) is 0 Å². The SMILES string of the molecule is O=C(CC1CS(=O)(=O)CCN1)N1CCCCCC1. The van der Waals surface area contributed by atoms with E-state index in [0.29, 0.717) is 13.0 Å². The molecule has 1 N–H and O–H groups in total. The number of carbonyl (C=O) groups excluding carboxylic acids is 1. The van der Waals surface area contributed by atoms with E-state index >= 15 is 0 Å². The summed E-state index contributed by atoms with van der Waals surface area (Å²) in [5.41, 5.74) is 0. The van der Waals surface area contributed by atoms with E-state index in [1.54, 1.807) is 0 Å². The smallest absolute Gasteiger partial charge is 0.224 e. The summed E-state index contributed by atoms with van der Waals surface area (Å²) in [4.78, 5) is 14.0. The Labute approximate surface area is 109 Å². The van der Waals surface area contributed by atoms with E-state index in [9.17, 15) is 13.2 Å². The topological polar surface area (TPSA) is 66.5 Å². The van der Waals surface area contributed by atoms with Crippen LogP contribution in [-0.4, -0.2) is 56.4 Å². The van der Waals surface area contributed by atoms with Gasteiger partial charge in [-0.05, 0) is 12.8 Å². The minimum atomic E-state index is -2.95. The van der Waals surface area contributed by atoms with Crippen molar-refractivity contribution in [1.29, 1.82) is 0 Å². The summed E-state index contributed by atoms with van der Waals surface area (Å²) in [5, 5.41) is 3.13. The zero-order valence-corrected chi connectivity index (χ0v) is 11.5. The molecule has 0 aromatic heterocycles. The lowest BCUT2D eigenvalue weighted by Gasteiger charge is -2.26. The summed E-state index contributed by atoms with van der Waals surface area (Å²) >= 11 is 0. The largest absolute Gasteiger partial charge is 0.343 e. The van der Waals surface area contributed by atoms with Crippen LogP contribution in [0.1, 0.15) is 32.1 Å². The Bertz CT molecular complexity index is 386. The minimum absolute atomic E-state index is 0.103. The van der Waals surface area contributed by atoms with Gasteiger partial charge in [0.25, 0.3) is 0 Å². The summed E-state index contributed by atoms with van der Waals surface area (Å²) < 4.78 is 23.0. The highest BCUT2D eigenvalue weighted by atomic mass is 32.2. The standard InChI is InChI=1S/C12H22N2O3S/c15-12(14-6-3-1-2-4-7-14)9-11-10-18(16,17)8-5-13-11/h11,13H,1-10H2. The quantitative estimate of drug-likeness (QED) is 0.779. The summed E-state index contributed by atoms with van der Waals surface area (Å²) in [6.07, 6.45) is 4.85. The number of likely N-dealkylation sites (tertiary alicyclic amines) is 1. The summed E-state index contributed by atoms with van der Waals surface area (Å²) in [6, 6.07) is -0.195. The Balaban J connectivity index is 1.86. The van der Waals surface area contributed by atoms with Crippen molar-refractivity contribution in [2.24, 2.45) is 0 Å². The van der Waals surface area contributed by atoms with Crippen molar-refractivity contribution in [2.75, 3.05) is 31.1 Å². The molecule has 1 atom stereocenters. The molecule has 0 saturated carbocycles. The normalized spacial score (nSPS) is 28.7. The highest BCUT2D eigenvalue weighted by molar-refractivity contribution is 7.91. The molecule has 0 aromatic carbocycles. The molecule has 104 valence electrons. The molecule has 2 aliphatic rings. The van der Waals surface area contributed by atoms with Crippen molar-refractivity contribution < 1.29 is 13.2 Å². The minimum Gasteiger partial charge on any atom is -0.343 e. The van der Waals surface area contributed by atoms with Gasteiger partial charge in [0.05, 0.1) is 11.5 Å². The molecule has 0 spiro atoms. The van der Waals surface area contributed by atoms with Crippen molar-refractivity contribution in [3.05, 3.63) is 0 Å². The van der Waals surface area contributed by atoms with Crippen molar-refractivity contribution in [1.82, 2.24) is 10.2 Å². The molecule has 5 nitrogen and oxygen atoms in total. The fourth-order valence-corrected chi connectivity index (χ4v) is 4.10. The van der Waals surface area contributed by atoms with Gasteiger partial charge in [-0.3, -0.25) is 4.79 Å². The van der Waals surface area contributed by atoms with E-state index in [4.69, 9.17) is 0 Å². The maximum Gasteiger partial charge on any atom is 0.224 e. The molecule has 2 aliphatic heterocycles. The molecule has 2 saturated heterocycles. The third-order valence-electron chi connectivity index (χ3n) is 3.68. The van der Waals surface area contributed by atoms with Crippen molar-refractivity contribution in [3.8, 4) is 0 Å². The molecule has 0 bridgehead atoms. The molecule has 2 fully saturated rings. The Hall–Kier alpha value is -0.620. The predicted octanol–water partition coefficient (Wildman–Crippen LogP) is 0.166. The van der Waals surface area contributed by atoms with Crippen molar-refractivity contribution in [2.45, 2.75) is 38.1 Å². The molecule has 1 amide bonds. The van der Waals surface area contributed by atoms with E-state index < -0.39 is 9.84 Å². The van der Waals surface area contributed by atoms with Gasteiger partial charge in [-0.1, -0.05) is 12.8 Å². The van der Waals surface area contributed by atoms with Gasteiger partial charge in [0.2, 0.25) is 5.91 Å². The molecule has 6 heteroatoms. The average Bonchev–Trinajstić information content (AvgIpc) is 2.55. The molecule has 0 aliphatic carbocycles. The summed E-state index contributed by atoms with van der Waals surface area (Å²) in [5.74, 6) is 0.403. The first-order chi connectivity index (χ1) is 8.57. The third kappa shape index (κ3) is 3.95. The van der Waals surface area contributed by atoms with E-state index in [1.807, 2.05) is 4.90 Å². The lowest BCUT2D eigenvalue weighted by atomic mass is 10.2. The van der Waals surface area contributed by atoms with Gasteiger partial charge in [0.1, 0.15) is 0 Å². The van der Waals surface area contributed by atoms with E-state index in [2.05, 4.69) is 5.32 Å². The maximum absolute atomic E-state index is 12.1. The van der Waals surface area contributed by atoms with Crippen LogP contribution in [0.3, 0.4) is 0 Å². The van der Waals surface area contributed by atoms with Crippen LogP contribution in [0, 0.1) is 0 Å². The van der Waals surface area contributed by atoms with Gasteiger partial charge in [-0.2, -0.15) is 0 Å². The first kappa shape index (κ1) is 13.8. The summed E-state index contributed by atoms with van der Waals surface area (Å²) in [7, 11) is -2.95. The third-order valence-corrected chi connectivity index (χ3v) is 5.42. The Morgan fingerprint density at radius 3 is 2.44 bits per heavy atom. The van der Waals surface area contributed by atoms with Crippen LogP contribution in [0.25, 0.3) is 0 Å². The van der Waals surface area contributed by atoms with Gasteiger partial charge in [0.15, 0.2) is 9.84 Å². The summed E-state index contributed by atoms with van der Waals surface area (Å²) in [6.45, 7) is 2.14. The fraction of sp³-hybridized carbons (Fsp3) is 0.917. The predicted molar refractivity (Wildman–Crippen MR) is 70.1 cm³/mol. The lowest BCUT2D eigenvalue weighted by molar-refractivity contribution is -0.131. The maximum atomic E-state index is 12.1. The fourth-order valence-electron chi connectivity index (χ4n) is 2.66. The number of hydrogen-bond donors (Lipinski definition) is 1. The van der Waals surface area contributed by atoms with Crippen LogP contribution in [0.2, 0.25) is 0 Å².